The summed E-state index contributed by atoms with van der Waals surface area (Å²) in [6.45, 7) is 2.60. The first kappa shape index (κ1) is 14.1. The average molecular weight is 239 g/mol. The number of nitrogens with two attached hydrogens (primary N) is 3. The normalized spacial score (nSPS) is 15.3. The van der Waals surface area contributed by atoms with Crippen molar-refractivity contribution < 1.29 is 23.2 Å². The summed E-state index contributed by atoms with van der Waals surface area (Å²) in [5.74, 6) is -2.06. The van der Waals surface area contributed by atoms with Crippen molar-refractivity contribution >= 4 is 19.7 Å². The van der Waals surface area contributed by atoms with Crippen LogP contribution in [-0.2, 0) is 23.2 Å². The van der Waals surface area contributed by atoms with Crippen LogP contribution in [-0.4, -0.2) is 24.0 Å². The van der Waals surface area contributed by atoms with Gasteiger partial charge in [-0.25, -0.2) is 19.7 Å². The van der Waals surface area contributed by atoms with E-state index in [0.29, 0.717) is 0 Å². The van der Waals surface area contributed by atoms with Gasteiger partial charge < -0.3 is 20.5 Å². The van der Waals surface area contributed by atoms with E-state index in [4.69, 9.17) is 17.0 Å². The molecule has 0 amide bonds. The molecule has 2 atom stereocenters. The van der Waals surface area contributed by atoms with Gasteiger partial charge in [-0.05, 0) is 13.8 Å². The van der Waals surface area contributed by atoms with Gasteiger partial charge in [0.05, 0.1) is 0 Å². The van der Waals surface area contributed by atoms with Crippen molar-refractivity contribution in [3.05, 3.63) is 0 Å². The van der Waals surface area contributed by atoms with Crippen molar-refractivity contribution in [1.29, 1.82) is 0 Å². The Bertz CT molecular complexity index is 277. The van der Waals surface area contributed by atoms with Crippen molar-refractivity contribution in [1.82, 2.24) is 0 Å². The zero-order valence-electron chi connectivity index (χ0n) is 8.38. The Kier molecular flexibility index (Phi) is 4.89. The van der Waals surface area contributed by atoms with Crippen molar-refractivity contribution in [3.63, 3.8) is 0 Å². The van der Waals surface area contributed by atoms with Crippen LogP contribution < -0.4 is 17.0 Å². The van der Waals surface area contributed by atoms with E-state index < -0.39 is 31.8 Å². The summed E-state index contributed by atoms with van der Waals surface area (Å²) in [5, 5.41) is 0. The number of carbonyl (C=O) groups excluding carboxylic acids is 2. The molecule has 0 aliphatic rings. The molecular weight excluding hydrogens is 225 g/mol. The highest BCUT2D eigenvalue weighted by Crippen LogP contribution is 2.39. The molecule has 88 valence electrons. The highest BCUT2D eigenvalue weighted by Gasteiger charge is 2.30. The van der Waals surface area contributed by atoms with Crippen molar-refractivity contribution in [3.8, 4) is 0 Å². The molecule has 15 heavy (non-hydrogen) atoms. The van der Waals surface area contributed by atoms with Crippen molar-refractivity contribution in [2.75, 3.05) is 0 Å². The SMILES string of the molecule is C[C@@H](N)C(=O)OP(N)(=O)OC(=O)[C@@H](C)N. The van der Waals surface area contributed by atoms with E-state index in [2.05, 4.69) is 9.05 Å². The zero-order chi connectivity index (χ0) is 12.2. The van der Waals surface area contributed by atoms with Gasteiger partial charge in [-0.15, -0.1) is 0 Å². The van der Waals surface area contributed by atoms with Crippen molar-refractivity contribution in [2.45, 2.75) is 25.9 Å². The van der Waals surface area contributed by atoms with Crippen LogP contribution in [0.25, 0.3) is 0 Å². The van der Waals surface area contributed by atoms with Gasteiger partial charge in [-0.1, -0.05) is 0 Å². The van der Waals surface area contributed by atoms with Crippen LogP contribution in [0.2, 0.25) is 0 Å². The van der Waals surface area contributed by atoms with Crippen LogP contribution in [0, 0.1) is 0 Å². The molecule has 9 heteroatoms. The van der Waals surface area contributed by atoms with E-state index in [1.807, 2.05) is 0 Å². The van der Waals surface area contributed by atoms with E-state index in [1.165, 1.54) is 13.8 Å². The molecule has 0 aliphatic carbocycles. The molecule has 0 bridgehead atoms. The fourth-order valence-electron chi connectivity index (χ4n) is 0.436. The number of hydrogen-bond donors (Lipinski definition) is 3. The topological polar surface area (TPSA) is 148 Å². The smallest absolute Gasteiger partial charge is 0.370 e. The Morgan fingerprint density at radius 3 is 1.53 bits per heavy atom. The first-order valence-electron chi connectivity index (χ1n) is 4.02. The van der Waals surface area contributed by atoms with Gasteiger partial charge in [0.1, 0.15) is 12.1 Å². The van der Waals surface area contributed by atoms with E-state index in [1.54, 1.807) is 0 Å². The van der Waals surface area contributed by atoms with Crippen LogP contribution in [0.1, 0.15) is 13.8 Å². The van der Waals surface area contributed by atoms with Crippen LogP contribution >= 0.6 is 7.75 Å². The molecule has 0 heterocycles. The van der Waals surface area contributed by atoms with Crippen LogP contribution in [0.4, 0.5) is 0 Å². The molecule has 0 aromatic rings. The van der Waals surface area contributed by atoms with E-state index in [9.17, 15) is 14.2 Å². The lowest BCUT2D eigenvalue weighted by Gasteiger charge is -2.15. The second-order valence-electron chi connectivity index (χ2n) is 2.94. The van der Waals surface area contributed by atoms with Crippen LogP contribution in [0.15, 0.2) is 0 Å². The van der Waals surface area contributed by atoms with E-state index in [-0.39, 0.29) is 0 Å². The van der Waals surface area contributed by atoms with Gasteiger partial charge in [0.25, 0.3) is 0 Å². The third-order valence-electron chi connectivity index (χ3n) is 1.18. The summed E-state index contributed by atoms with van der Waals surface area (Å²) in [5.41, 5.74) is 15.2. The third-order valence-corrected chi connectivity index (χ3v) is 2.05. The average Bonchev–Trinajstić information content (AvgIpc) is 2.01. The minimum Gasteiger partial charge on any atom is -0.370 e. The maximum atomic E-state index is 11.2. The molecule has 0 saturated carbocycles. The van der Waals surface area contributed by atoms with E-state index in [0.717, 1.165) is 0 Å². The van der Waals surface area contributed by atoms with Crippen LogP contribution in [0.3, 0.4) is 0 Å². The number of rotatable bonds is 4. The van der Waals surface area contributed by atoms with Gasteiger partial charge >= 0.3 is 19.7 Å². The minimum atomic E-state index is -4.27. The highest BCUT2D eigenvalue weighted by molar-refractivity contribution is 7.52. The largest absolute Gasteiger partial charge is 0.514 e. The van der Waals surface area contributed by atoms with Gasteiger partial charge in [0.15, 0.2) is 0 Å². The predicted octanol–water partition coefficient (Wildman–Crippen LogP) is -1.17. The fourth-order valence-corrected chi connectivity index (χ4v) is 1.31. The molecule has 0 spiro atoms. The Hall–Kier alpha value is -0.950. The second-order valence-corrected chi connectivity index (χ2v) is 4.38. The Morgan fingerprint density at radius 1 is 1.07 bits per heavy atom. The minimum absolute atomic E-state index is 1.02. The maximum Gasteiger partial charge on any atom is 0.514 e. The Labute approximate surface area is 86.7 Å². The summed E-state index contributed by atoms with van der Waals surface area (Å²) in [6, 6.07) is -2.04. The molecule has 0 fully saturated rings. The monoisotopic (exact) mass is 239 g/mol. The van der Waals surface area contributed by atoms with Gasteiger partial charge in [-0.3, -0.25) is 0 Å². The van der Waals surface area contributed by atoms with Crippen LogP contribution in [0.5, 0.6) is 0 Å². The molecular formula is C6H14N3O5P. The Morgan fingerprint density at radius 2 is 1.33 bits per heavy atom. The quantitative estimate of drug-likeness (QED) is 0.520. The summed E-state index contributed by atoms with van der Waals surface area (Å²) in [4.78, 5) is 21.8. The lowest BCUT2D eigenvalue weighted by Crippen LogP contribution is -2.32. The summed E-state index contributed by atoms with van der Waals surface area (Å²) in [6.07, 6.45) is 0. The molecule has 0 saturated heterocycles. The van der Waals surface area contributed by atoms with Gasteiger partial charge in [0, 0.05) is 0 Å². The zero-order valence-corrected chi connectivity index (χ0v) is 9.27. The second kappa shape index (κ2) is 5.22. The molecule has 0 aromatic carbocycles. The van der Waals surface area contributed by atoms with Gasteiger partial charge in [-0.2, -0.15) is 0 Å². The molecule has 0 aromatic heterocycles. The summed E-state index contributed by atoms with van der Waals surface area (Å²) >= 11 is 0. The highest BCUT2D eigenvalue weighted by atomic mass is 31.2. The fraction of sp³-hybridized carbons (Fsp3) is 0.667. The molecule has 0 rings (SSSR count). The first-order chi connectivity index (χ1) is 6.65. The molecule has 0 unspecified atom stereocenters. The number of hydrogen-bond acceptors (Lipinski definition) is 7. The summed E-state index contributed by atoms with van der Waals surface area (Å²) in [7, 11) is -4.27. The molecule has 0 aliphatic heterocycles. The lowest BCUT2D eigenvalue weighted by molar-refractivity contribution is -0.139. The maximum absolute atomic E-state index is 11.2. The molecule has 6 N–H and O–H groups in total. The lowest BCUT2D eigenvalue weighted by atomic mass is 10.4. The Balaban J connectivity index is 4.38. The summed E-state index contributed by atoms with van der Waals surface area (Å²) < 4.78 is 19.6. The predicted molar refractivity (Wildman–Crippen MR) is 51.3 cm³/mol. The molecule has 8 nitrogen and oxygen atoms in total. The van der Waals surface area contributed by atoms with E-state index >= 15 is 0 Å². The standard InChI is InChI=1S/C6H14N3O5P/c1-3(7)5(10)13-15(9,12)14-6(11)4(2)8/h3-4H,7-8H2,1-2H3,(H2,9,12)/t3-,4-/m1/s1. The van der Waals surface area contributed by atoms with Gasteiger partial charge in [0.2, 0.25) is 0 Å². The van der Waals surface area contributed by atoms with Crippen molar-refractivity contribution in [2.24, 2.45) is 17.0 Å². The molecule has 0 radical (unpaired) electrons. The first-order valence-corrected chi connectivity index (χ1v) is 5.63. The third kappa shape index (κ3) is 5.48. The number of carbonyl (C=O) groups is 2.